The van der Waals surface area contributed by atoms with E-state index in [9.17, 15) is 15.0 Å². The van der Waals surface area contributed by atoms with Gasteiger partial charge in [-0.1, -0.05) is 31.3 Å². The monoisotopic (exact) mass is 851 g/mol. The molecule has 4 fully saturated rings. The normalized spacial score (nSPS) is 26.4. The molecule has 5 aliphatic rings. The number of hydrogen-bond donors (Lipinski definition) is 7. The number of fused-ring (bicyclic) bond motifs is 3. The number of carboxylic acids is 1. The van der Waals surface area contributed by atoms with Crippen molar-refractivity contribution in [1.82, 2.24) is 30.8 Å². The maximum atomic E-state index is 12.9. The Kier molecular flexibility index (Phi) is 12.2. The zero-order valence-corrected chi connectivity index (χ0v) is 36.9. The third kappa shape index (κ3) is 9.03. The van der Waals surface area contributed by atoms with Crippen LogP contribution in [0.15, 0.2) is 36.0 Å². The number of rotatable bonds is 17. The van der Waals surface area contributed by atoms with Crippen LogP contribution in [0, 0.1) is 41.9 Å². The van der Waals surface area contributed by atoms with E-state index in [1.807, 2.05) is 24.8 Å². The summed E-state index contributed by atoms with van der Waals surface area (Å²) in [5.74, 6) is 1.52. The minimum absolute atomic E-state index is 0.109. The zero-order valence-electron chi connectivity index (χ0n) is 36.1. The first kappa shape index (κ1) is 43.1. The van der Waals surface area contributed by atoms with Gasteiger partial charge in [0.1, 0.15) is 5.82 Å². The molecule has 7 N–H and O–H groups in total. The Bertz CT molecular complexity index is 2340. The van der Waals surface area contributed by atoms with Crippen molar-refractivity contribution < 1.29 is 24.9 Å². The van der Waals surface area contributed by atoms with Crippen molar-refractivity contribution in [3.63, 3.8) is 0 Å². The van der Waals surface area contributed by atoms with E-state index in [1.165, 1.54) is 12.6 Å². The van der Waals surface area contributed by atoms with Crippen molar-refractivity contribution >= 4 is 61.9 Å². The molecule has 9 rings (SSSR count). The summed E-state index contributed by atoms with van der Waals surface area (Å²) in [4.78, 5) is 24.3. The maximum Gasteiger partial charge on any atom is 0.355 e. The number of aromatic nitrogens is 4. The second-order valence-electron chi connectivity index (χ2n) is 19.0. The summed E-state index contributed by atoms with van der Waals surface area (Å²) in [5.41, 5.74) is 5.85. The number of carbonyl (C=O) groups is 1. The van der Waals surface area contributed by atoms with Crippen molar-refractivity contribution in [1.29, 1.82) is 5.41 Å². The topological polar surface area (TPSA) is 202 Å². The lowest BCUT2D eigenvalue weighted by molar-refractivity contribution is -0.162. The molecule has 3 aromatic heterocycles. The molecule has 61 heavy (non-hydrogen) atoms. The van der Waals surface area contributed by atoms with Gasteiger partial charge in [-0.3, -0.25) is 0 Å². The number of carboxylic acid groups (broad SMARTS) is 1. The van der Waals surface area contributed by atoms with Crippen LogP contribution in [0.3, 0.4) is 0 Å². The van der Waals surface area contributed by atoms with Gasteiger partial charge in [-0.2, -0.15) is 0 Å². The smallest absolute Gasteiger partial charge is 0.355 e. The standard InChI is InChI=1S/C46H61N9O5S/c1-27-8-10-37-36(17-27)50-43(61-37)52-40-28(2)33-7-6-15-55(41(33)54-53-40)38-11-9-34(39(51-38)42(58)59)35(21-47)29(3)49-22-31-19-45(5)24-44(4)18-30(31)20-46(25-44,26-45)60-16-14-48-13-12-32(57)23-56/h8-11,17,21,30-32,47-49,56-57H,6-7,12-16,18-20,22-26H2,1-5H3,(H,58,59)(H,50,52,53)/b35-29+,47-21?/t30?,31?,32-,44?,45?,46?/m0/s1. The lowest BCUT2D eigenvalue weighted by atomic mass is 9.53. The van der Waals surface area contributed by atoms with Crippen molar-refractivity contribution in [3.05, 3.63) is 64.0 Å². The Morgan fingerprint density at radius 1 is 1.08 bits per heavy atom. The minimum atomic E-state index is -1.16. The molecule has 0 saturated heterocycles. The number of anilines is 4. The van der Waals surface area contributed by atoms with Gasteiger partial charge in [-0.05, 0) is 138 Å². The second kappa shape index (κ2) is 17.3. The molecule has 326 valence electrons. The molecular weight excluding hydrogens is 791 g/mol. The van der Waals surface area contributed by atoms with E-state index in [0.29, 0.717) is 73.1 Å². The van der Waals surface area contributed by atoms with Crippen LogP contribution in [-0.4, -0.2) is 98.8 Å². The maximum absolute atomic E-state index is 12.9. The predicted octanol–water partition coefficient (Wildman–Crippen LogP) is 7.31. The molecule has 4 aliphatic carbocycles. The van der Waals surface area contributed by atoms with E-state index in [4.69, 9.17) is 25.2 Å². The molecule has 0 spiro atoms. The van der Waals surface area contributed by atoms with Crippen LogP contribution in [0.4, 0.5) is 22.6 Å². The fourth-order valence-corrected chi connectivity index (χ4v) is 12.5. The van der Waals surface area contributed by atoms with Crippen LogP contribution in [-0.2, 0) is 11.2 Å². The van der Waals surface area contributed by atoms with Crippen molar-refractivity contribution in [2.45, 2.75) is 104 Å². The molecule has 15 heteroatoms. The van der Waals surface area contributed by atoms with Crippen LogP contribution < -0.4 is 20.9 Å². The molecule has 4 saturated carbocycles. The van der Waals surface area contributed by atoms with E-state index in [2.05, 4.69) is 65.1 Å². The Morgan fingerprint density at radius 3 is 2.66 bits per heavy atom. The predicted molar refractivity (Wildman–Crippen MR) is 240 cm³/mol. The highest BCUT2D eigenvalue weighted by Crippen LogP contribution is 2.66. The largest absolute Gasteiger partial charge is 0.476 e. The molecular formula is C46H61N9O5S. The average molecular weight is 852 g/mol. The number of ether oxygens (including phenoxy) is 1. The van der Waals surface area contributed by atoms with Gasteiger partial charge in [-0.15, -0.1) is 10.2 Å². The van der Waals surface area contributed by atoms with Gasteiger partial charge in [0.15, 0.2) is 22.5 Å². The number of nitrogens with one attached hydrogen (secondary N) is 4. The number of allylic oxidation sites excluding steroid dienone is 2. The minimum Gasteiger partial charge on any atom is -0.476 e. The Hall–Kier alpha value is -4.54. The van der Waals surface area contributed by atoms with Crippen LogP contribution in [0.1, 0.15) is 105 Å². The van der Waals surface area contributed by atoms with E-state index in [1.54, 1.807) is 17.4 Å². The number of aliphatic hydroxyl groups is 2. The molecule has 1 aliphatic heterocycles. The molecule has 14 nitrogen and oxygen atoms in total. The molecule has 1 aromatic carbocycles. The van der Waals surface area contributed by atoms with Crippen LogP contribution >= 0.6 is 11.3 Å². The van der Waals surface area contributed by atoms with Gasteiger partial charge in [0.2, 0.25) is 0 Å². The van der Waals surface area contributed by atoms with Crippen molar-refractivity contribution in [3.8, 4) is 0 Å². The summed E-state index contributed by atoms with van der Waals surface area (Å²) in [5, 5.41) is 58.2. The number of aryl methyl sites for hydroxylation is 1. The van der Waals surface area contributed by atoms with Gasteiger partial charge < -0.3 is 46.3 Å². The fourth-order valence-electron chi connectivity index (χ4n) is 11.6. The Labute approximate surface area is 362 Å². The summed E-state index contributed by atoms with van der Waals surface area (Å²) >= 11 is 1.57. The molecule has 4 heterocycles. The lowest BCUT2D eigenvalue weighted by Gasteiger charge is -2.56. The molecule has 6 atom stereocenters. The highest BCUT2D eigenvalue weighted by molar-refractivity contribution is 7.22. The lowest BCUT2D eigenvalue weighted by Crippen LogP contribution is -2.53. The number of pyridine rings is 1. The summed E-state index contributed by atoms with van der Waals surface area (Å²) in [7, 11) is 0. The van der Waals surface area contributed by atoms with Crippen molar-refractivity contribution in [2.24, 2.45) is 22.7 Å². The first-order valence-corrected chi connectivity index (χ1v) is 22.6. The fraction of sp³-hybridized carbons (Fsp3) is 0.565. The van der Waals surface area contributed by atoms with E-state index in [0.717, 1.165) is 89.2 Å². The second-order valence-corrected chi connectivity index (χ2v) is 20.0. The molecule has 4 aromatic rings. The SMILES string of the molecule is C/C(NCC1CC2(C)CC3(C)CC1CC(OCCNCC[C@H](O)CO)(C2)C3)=C(/C=N)c1ccc(N2CCCc3c2nnc(Nc2nc4cc(C)ccc4s2)c3C)nc1C(=O)O. The molecule has 0 radical (unpaired) electrons. The van der Waals surface area contributed by atoms with Gasteiger partial charge in [0.25, 0.3) is 0 Å². The van der Waals surface area contributed by atoms with Gasteiger partial charge in [-0.25, -0.2) is 14.8 Å². The van der Waals surface area contributed by atoms with Crippen LogP contribution in [0.2, 0.25) is 0 Å². The van der Waals surface area contributed by atoms with Gasteiger partial charge in [0.05, 0.1) is 35.1 Å². The summed E-state index contributed by atoms with van der Waals surface area (Å²) in [6.07, 6.45) is 9.27. The van der Waals surface area contributed by atoms with Crippen molar-refractivity contribution in [2.75, 3.05) is 49.6 Å². The van der Waals surface area contributed by atoms with Crippen LogP contribution in [0.5, 0.6) is 0 Å². The highest BCUT2D eigenvalue weighted by Gasteiger charge is 2.60. The first-order chi connectivity index (χ1) is 29.2. The number of thiazole rings is 1. The molecule has 4 bridgehead atoms. The average Bonchev–Trinajstić information content (AvgIpc) is 3.55. The van der Waals surface area contributed by atoms with E-state index < -0.39 is 12.1 Å². The summed E-state index contributed by atoms with van der Waals surface area (Å²) < 4.78 is 7.91. The number of nitrogens with zero attached hydrogens (tertiary/aromatic N) is 5. The number of aliphatic hydroxyl groups excluding tert-OH is 2. The first-order valence-electron chi connectivity index (χ1n) is 21.8. The van der Waals surface area contributed by atoms with E-state index in [-0.39, 0.29) is 28.7 Å². The highest BCUT2D eigenvalue weighted by atomic mass is 32.1. The van der Waals surface area contributed by atoms with Crippen LogP contribution in [0.25, 0.3) is 15.8 Å². The Morgan fingerprint density at radius 2 is 1.89 bits per heavy atom. The van der Waals surface area contributed by atoms with Gasteiger partial charge >= 0.3 is 5.97 Å². The zero-order chi connectivity index (χ0) is 43.1. The molecule has 5 unspecified atom stereocenters. The number of benzene rings is 1. The van der Waals surface area contributed by atoms with Gasteiger partial charge in [0, 0.05) is 53.8 Å². The molecule has 0 amide bonds. The quantitative estimate of drug-likeness (QED) is 0.0412. The number of aromatic carboxylic acids is 1. The third-order valence-corrected chi connectivity index (χ3v) is 14.6. The Balaban J connectivity index is 0.973. The summed E-state index contributed by atoms with van der Waals surface area (Å²) in [6.45, 7) is 14.0. The summed E-state index contributed by atoms with van der Waals surface area (Å²) in [6, 6.07) is 9.83. The van der Waals surface area contributed by atoms with E-state index >= 15 is 0 Å². The number of hydrogen-bond acceptors (Lipinski definition) is 14. The third-order valence-electron chi connectivity index (χ3n) is 13.7.